The third-order valence-corrected chi connectivity index (χ3v) is 3.07. The molecule has 18 heteroatoms. The van der Waals surface area contributed by atoms with E-state index in [1.54, 1.807) is 37.2 Å². The van der Waals surface area contributed by atoms with Gasteiger partial charge in [-0.1, -0.05) is 0 Å². The Balaban J connectivity index is -0.000000526. The van der Waals surface area contributed by atoms with E-state index < -0.39 is 0 Å². The van der Waals surface area contributed by atoms with E-state index in [-0.39, 0.29) is 0 Å². The molecular weight excluding hydrogens is 540 g/mol. The van der Waals surface area contributed by atoms with Crippen LogP contribution in [0.1, 0.15) is 0 Å². The lowest BCUT2D eigenvalue weighted by Crippen LogP contribution is -1.94. The van der Waals surface area contributed by atoms with Crippen molar-refractivity contribution in [1.29, 1.82) is 63.1 Å². The first-order valence-corrected chi connectivity index (χ1v) is 9.57. The predicted molar refractivity (Wildman–Crippen MR) is 133 cm³/mol. The highest BCUT2D eigenvalue weighted by molar-refractivity contribution is 6.17. The topological polar surface area (TPSA) is 363 Å². The van der Waals surface area contributed by atoms with Gasteiger partial charge in [-0.15, -0.1) is 0 Å². The molecule has 0 N–H and O–H groups in total. The van der Waals surface area contributed by atoms with Crippen LogP contribution in [0, 0.1) is 136 Å². The van der Waals surface area contributed by atoms with E-state index in [1.807, 2.05) is 0 Å². The van der Waals surface area contributed by atoms with E-state index in [0.717, 1.165) is 0 Å². The summed E-state index contributed by atoms with van der Waals surface area (Å²) in [7, 11) is 0. The SMILES string of the molecule is N#CC#N.N#CC#N.N#CC#N.N#CC#N.N#CC#N.N#CC#N.c1cnc2c(n1)c1nccnc1c1nccnc21. The summed E-state index contributed by atoms with van der Waals surface area (Å²) in [6, 6.07) is 14.8. The molecule has 0 aliphatic rings. The van der Waals surface area contributed by atoms with Gasteiger partial charge in [0.25, 0.3) is 0 Å². The smallest absolute Gasteiger partial charge is 0.181 e. The molecule has 0 saturated carbocycles. The number of rotatable bonds is 0. The van der Waals surface area contributed by atoms with Crippen LogP contribution >= 0.6 is 0 Å². The minimum Gasteiger partial charge on any atom is -0.251 e. The van der Waals surface area contributed by atoms with Gasteiger partial charge in [0.05, 0.1) is 0 Å². The van der Waals surface area contributed by atoms with E-state index in [2.05, 4.69) is 29.9 Å². The monoisotopic (exact) mass is 546 g/mol. The zero-order chi connectivity index (χ0) is 32.4. The molecule has 42 heavy (non-hydrogen) atoms. The molecule has 0 atom stereocenters. The molecule has 0 aliphatic heterocycles. The number of hydrogen-bond donors (Lipinski definition) is 0. The van der Waals surface area contributed by atoms with Crippen molar-refractivity contribution in [3.8, 4) is 72.8 Å². The highest BCUT2D eigenvalue weighted by Gasteiger charge is 2.13. The van der Waals surface area contributed by atoms with E-state index in [0.29, 0.717) is 33.1 Å². The highest BCUT2D eigenvalue weighted by atomic mass is 14.9. The van der Waals surface area contributed by atoms with Crippen LogP contribution in [0.2, 0.25) is 0 Å². The number of fused-ring (bicyclic) bond motifs is 6. The van der Waals surface area contributed by atoms with Crippen LogP contribution in [0.25, 0.3) is 33.1 Å². The quantitative estimate of drug-likeness (QED) is 0.283. The molecule has 4 aromatic rings. The fourth-order valence-corrected chi connectivity index (χ4v) is 2.05. The molecule has 0 amide bonds. The maximum Gasteiger partial charge on any atom is 0.181 e. The zero-order valence-electron chi connectivity index (χ0n) is 20.5. The molecule has 18 nitrogen and oxygen atoms in total. The molecule has 192 valence electrons. The van der Waals surface area contributed by atoms with Crippen LogP contribution in [0.15, 0.2) is 37.2 Å². The predicted octanol–water partition coefficient (Wildman–Crippen LogP) is 1.72. The zero-order valence-corrected chi connectivity index (χ0v) is 20.5. The first-order valence-electron chi connectivity index (χ1n) is 9.57. The van der Waals surface area contributed by atoms with E-state index in [1.165, 1.54) is 72.8 Å². The molecular formula is C24H6N18. The second-order valence-electron chi connectivity index (χ2n) is 5.10. The Hall–Kier alpha value is -8.88. The molecule has 0 bridgehead atoms. The lowest BCUT2D eigenvalue weighted by molar-refractivity contribution is 1.24. The lowest BCUT2D eigenvalue weighted by Gasteiger charge is -2.04. The van der Waals surface area contributed by atoms with Crippen molar-refractivity contribution >= 4 is 33.1 Å². The van der Waals surface area contributed by atoms with Gasteiger partial charge in [-0.2, -0.15) is 63.1 Å². The molecule has 0 saturated heterocycles. The molecule has 0 spiro atoms. The van der Waals surface area contributed by atoms with E-state index in [4.69, 9.17) is 63.1 Å². The van der Waals surface area contributed by atoms with Gasteiger partial charge in [0.2, 0.25) is 0 Å². The van der Waals surface area contributed by atoms with Gasteiger partial charge < -0.3 is 0 Å². The molecule has 0 radical (unpaired) electrons. The second kappa shape index (κ2) is 28.4. The molecule has 0 unspecified atom stereocenters. The lowest BCUT2D eigenvalue weighted by atomic mass is 10.2. The summed E-state index contributed by atoms with van der Waals surface area (Å²) in [6.45, 7) is 0. The first kappa shape index (κ1) is 37.7. The number of nitrogens with zero attached hydrogens (tertiary/aromatic N) is 18. The van der Waals surface area contributed by atoms with E-state index >= 15 is 0 Å². The largest absolute Gasteiger partial charge is 0.251 e. The Morgan fingerprint density at radius 3 is 0.405 bits per heavy atom. The van der Waals surface area contributed by atoms with Gasteiger partial charge in [-0.25, -0.2) is 0 Å². The van der Waals surface area contributed by atoms with E-state index in [9.17, 15) is 0 Å². The Bertz CT molecular complexity index is 1500. The van der Waals surface area contributed by atoms with Crippen LogP contribution in [0.4, 0.5) is 0 Å². The third kappa shape index (κ3) is 15.9. The van der Waals surface area contributed by atoms with Crippen molar-refractivity contribution in [2.45, 2.75) is 0 Å². The molecule has 0 fully saturated rings. The van der Waals surface area contributed by atoms with Crippen molar-refractivity contribution in [3.05, 3.63) is 37.2 Å². The fraction of sp³-hybridized carbons (Fsp3) is 0. The van der Waals surface area contributed by atoms with Crippen LogP contribution in [-0.2, 0) is 0 Å². The summed E-state index contributed by atoms with van der Waals surface area (Å²) in [5.74, 6) is 0. The van der Waals surface area contributed by atoms with Crippen molar-refractivity contribution in [2.75, 3.05) is 0 Å². The second-order valence-corrected chi connectivity index (χ2v) is 5.10. The standard InChI is InChI=1S/C12H6N6.6C2N2/c1-2-14-8-7(13-1)9-11(17-4-3-15-9)12-10(8)16-5-6-18-12;6*3-1-2-4/h1-6H;;;;;;. The Morgan fingerprint density at radius 1 is 0.238 bits per heavy atom. The summed E-state index contributed by atoms with van der Waals surface area (Å²) in [5, 5.41) is 87.2. The van der Waals surface area contributed by atoms with Gasteiger partial charge in [0.15, 0.2) is 72.8 Å². The highest BCUT2D eigenvalue weighted by Crippen LogP contribution is 2.26. The Morgan fingerprint density at radius 2 is 0.333 bits per heavy atom. The van der Waals surface area contributed by atoms with Crippen LogP contribution in [0.3, 0.4) is 0 Å². The van der Waals surface area contributed by atoms with Crippen molar-refractivity contribution in [1.82, 2.24) is 29.9 Å². The summed E-state index contributed by atoms with van der Waals surface area (Å²) in [4.78, 5) is 26.0. The van der Waals surface area contributed by atoms with Gasteiger partial charge >= 0.3 is 0 Å². The number of aromatic nitrogens is 6. The van der Waals surface area contributed by atoms with Crippen molar-refractivity contribution in [3.63, 3.8) is 0 Å². The normalized spacial score (nSPS) is 6.29. The average Bonchev–Trinajstić information content (AvgIpc) is 3.09. The van der Waals surface area contributed by atoms with Gasteiger partial charge in [0.1, 0.15) is 33.1 Å². The van der Waals surface area contributed by atoms with Crippen molar-refractivity contribution < 1.29 is 0 Å². The van der Waals surface area contributed by atoms with Crippen LogP contribution in [0.5, 0.6) is 0 Å². The number of hydrogen-bond acceptors (Lipinski definition) is 18. The maximum absolute atomic E-state index is 7.26. The summed E-state index contributed by atoms with van der Waals surface area (Å²) < 4.78 is 0. The van der Waals surface area contributed by atoms with Crippen molar-refractivity contribution in [2.24, 2.45) is 0 Å². The fourth-order valence-electron chi connectivity index (χ4n) is 2.05. The van der Waals surface area contributed by atoms with Crippen LogP contribution in [-0.4, -0.2) is 29.9 Å². The minimum absolute atomic E-state index is 0.702. The summed E-state index contributed by atoms with van der Waals surface area (Å²) >= 11 is 0. The van der Waals surface area contributed by atoms with Crippen LogP contribution < -0.4 is 0 Å². The van der Waals surface area contributed by atoms with Gasteiger partial charge in [-0.3, -0.25) is 29.9 Å². The molecule has 3 aromatic heterocycles. The third-order valence-electron chi connectivity index (χ3n) is 3.07. The van der Waals surface area contributed by atoms with Gasteiger partial charge in [0, 0.05) is 37.2 Å². The summed E-state index contributed by atoms with van der Waals surface area (Å²) in [5.41, 5.74) is 4.21. The maximum atomic E-state index is 7.26. The number of benzene rings is 1. The average molecular weight is 546 g/mol. The summed E-state index contributed by atoms with van der Waals surface area (Å²) in [6.07, 6.45) is 9.83. The first-order chi connectivity index (χ1) is 20.4. The Kier molecular flexibility index (Phi) is 25.4. The minimum atomic E-state index is 0.702. The molecule has 4 rings (SSSR count). The molecule has 3 heterocycles. The molecule has 1 aromatic carbocycles. The Labute approximate surface area is 236 Å². The number of nitriles is 12. The van der Waals surface area contributed by atoms with Gasteiger partial charge in [-0.05, 0) is 0 Å². The molecule has 0 aliphatic carbocycles.